The topological polar surface area (TPSA) is 75.4 Å². The van der Waals surface area contributed by atoms with Crippen LogP contribution in [0.4, 0.5) is 0 Å². The second-order valence-corrected chi connectivity index (χ2v) is 4.73. The molecule has 0 radical (unpaired) electrons. The van der Waals surface area contributed by atoms with Crippen LogP contribution in [-0.4, -0.2) is 42.9 Å². The van der Waals surface area contributed by atoms with Crippen LogP contribution >= 0.6 is 12.4 Å². The van der Waals surface area contributed by atoms with Crippen molar-refractivity contribution in [3.8, 4) is 0 Å². The lowest BCUT2D eigenvalue weighted by atomic mass is 9.96. The lowest BCUT2D eigenvalue weighted by molar-refractivity contribution is -0.137. The van der Waals surface area contributed by atoms with Crippen molar-refractivity contribution in [2.24, 2.45) is 17.6 Å². The maximum absolute atomic E-state index is 12.1. The molecule has 2 fully saturated rings. The molecule has 0 saturated carbocycles. The van der Waals surface area contributed by atoms with Crippen LogP contribution in [0.5, 0.6) is 0 Å². The smallest absolute Gasteiger partial charge is 0.227 e. The molecule has 2 aliphatic heterocycles. The monoisotopic (exact) mass is 261 g/mol. The third-order valence-electron chi connectivity index (χ3n) is 3.49. The molecule has 2 heterocycles. The third-order valence-corrected chi connectivity index (χ3v) is 3.49. The van der Waals surface area contributed by atoms with Gasteiger partial charge in [-0.2, -0.15) is 0 Å². The molecule has 0 bridgehead atoms. The summed E-state index contributed by atoms with van der Waals surface area (Å²) >= 11 is 0. The molecule has 2 aliphatic rings. The van der Waals surface area contributed by atoms with Crippen LogP contribution < -0.4 is 11.1 Å². The van der Waals surface area contributed by atoms with Crippen LogP contribution in [0.1, 0.15) is 19.3 Å². The minimum Gasteiger partial charge on any atom is -0.355 e. The Morgan fingerprint density at radius 2 is 2.29 bits per heavy atom. The van der Waals surface area contributed by atoms with Gasteiger partial charge in [-0.25, -0.2) is 0 Å². The molecule has 0 spiro atoms. The van der Waals surface area contributed by atoms with Crippen molar-refractivity contribution in [3.05, 3.63) is 0 Å². The number of rotatable bonds is 2. The van der Waals surface area contributed by atoms with Gasteiger partial charge >= 0.3 is 0 Å². The maximum atomic E-state index is 12.1. The fraction of sp³-hybridized carbons (Fsp3) is 0.818. The van der Waals surface area contributed by atoms with Gasteiger partial charge in [0.05, 0.1) is 5.92 Å². The summed E-state index contributed by atoms with van der Waals surface area (Å²) in [6, 6.07) is 0. The minimum atomic E-state index is -0.149. The summed E-state index contributed by atoms with van der Waals surface area (Å²) in [7, 11) is 0. The Balaban J connectivity index is 0.00000144. The molecular formula is C11H20ClN3O2. The van der Waals surface area contributed by atoms with Crippen molar-refractivity contribution in [2.75, 3.05) is 26.2 Å². The first-order valence-corrected chi connectivity index (χ1v) is 5.96. The van der Waals surface area contributed by atoms with Gasteiger partial charge in [-0.1, -0.05) is 0 Å². The van der Waals surface area contributed by atoms with Gasteiger partial charge < -0.3 is 16.0 Å². The van der Waals surface area contributed by atoms with E-state index in [-0.39, 0.29) is 30.1 Å². The number of piperidine rings is 1. The molecule has 0 aromatic carbocycles. The predicted octanol–water partition coefficient (Wildman–Crippen LogP) is -0.258. The van der Waals surface area contributed by atoms with E-state index in [9.17, 15) is 9.59 Å². The fourth-order valence-electron chi connectivity index (χ4n) is 2.50. The molecule has 0 aliphatic carbocycles. The molecule has 98 valence electrons. The van der Waals surface area contributed by atoms with Crippen molar-refractivity contribution in [1.29, 1.82) is 0 Å². The highest BCUT2D eigenvalue weighted by Gasteiger charge is 2.33. The summed E-state index contributed by atoms with van der Waals surface area (Å²) in [5.41, 5.74) is 5.64. The van der Waals surface area contributed by atoms with Crippen LogP contribution in [-0.2, 0) is 9.59 Å². The number of carbonyl (C=O) groups excluding carboxylic acids is 2. The fourth-order valence-corrected chi connectivity index (χ4v) is 2.50. The Morgan fingerprint density at radius 3 is 2.88 bits per heavy atom. The Kier molecular flexibility index (Phi) is 5.21. The number of nitrogens with one attached hydrogen (secondary N) is 1. The number of hydrogen-bond acceptors (Lipinski definition) is 3. The van der Waals surface area contributed by atoms with Crippen molar-refractivity contribution in [1.82, 2.24) is 10.2 Å². The quantitative estimate of drug-likeness (QED) is 0.719. The molecule has 0 aromatic heterocycles. The number of nitrogens with zero attached hydrogens (tertiary/aromatic N) is 1. The first-order valence-electron chi connectivity index (χ1n) is 5.96. The van der Waals surface area contributed by atoms with E-state index in [4.69, 9.17) is 5.73 Å². The maximum Gasteiger partial charge on any atom is 0.227 e. The Bertz CT molecular complexity index is 298. The van der Waals surface area contributed by atoms with Gasteiger partial charge in [0.1, 0.15) is 0 Å². The summed E-state index contributed by atoms with van der Waals surface area (Å²) in [6.45, 7) is 2.73. The first kappa shape index (κ1) is 14.3. The Hall–Kier alpha value is -0.810. The lowest BCUT2D eigenvalue weighted by Gasteiger charge is -2.33. The molecule has 6 heteroatoms. The zero-order valence-electron chi connectivity index (χ0n) is 9.85. The van der Waals surface area contributed by atoms with Gasteiger partial charge in [0, 0.05) is 26.1 Å². The molecule has 2 unspecified atom stereocenters. The van der Waals surface area contributed by atoms with Gasteiger partial charge in [-0.05, 0) is 25.3 Å². The van der Waals surface area contributed by atoms with E-state index in [1.165, 1.54) is 0 Å². The molecule has 2 atom stereocenters. The Morgan fingerprint density at radius 1 is 1.53 bits per heavy atom. The second-order valence-electron chi connectivity index (χ2n) is 4.73. The summed E-state index contributed by atoms with van der Waals surface area (Å²) < 4.78 is 0. The highest BCUT2D eigenvalue weighted by atomic mass is 35.5. The van der Waals surface area contributed by atoms with Gasteiger partial charge in [-0.3, -0.25) is 9.59 Å². The van der Waals surface area contributed by atoms with Crippen LogP contribution in [0.3, 0.4) is 0 Å². The molecule has 2 rings (SSSR count). The third kappa shape index (κ3) is 3.33. The van der Waals surface area contributed by atoms with Crippen LogP contribution in [0.15, 0.2) is 0 Å². The Labute approximate surface area is 108 Å². The largest absolute Gasteiger partial charge is 0.355 e. The number of hydrogen-bond donors (Lipinski definition) is 2. The van der Waals surface area contributed by atoms with Gasteiger partial charge in [0.25, 0.3) is 0 Å². The standard InChI is InChI=1S/C11H19N3O2.ClH/c12-5-8-2-1-3-14(7-8)11(16)9-4-10(15)13-6-9;/h8-9H,1-7,12H2,(H,13,15);1H. The van der Waals surface area contributed by atoms with E-state index in [0.717, 1.165) is 25.9 Å². The van der Waals surface area contributed by atoms with Crippen molar-refractivity contribution in [3.63, 3.8) is 0 Å². The van der Waals surface area contributed by atoms with E-state index >= 15 is 0 Å². The summed E-state index contributed by atoms with van der Waals surface area (Å²) in [5.74, 6) is 0.397. The summed E-state index contributed by atoms with van der Waals surface area (Å²) in [5, 5.41) is 2.70. The van der Waals surface area contributed by atoms with Crippen molar-refractivity contribution < 1.29 is 9.59 Å². The lowest BCUT2D eigenvalue weighted by Crippen LogP contribution is -2.45. The number of carbonyl (C=O) groups is 2. The molecule has 5 nitrogen and oxygen atoms in total. The molecule has 2 amide bonds. The van der Waals surface area contributed by atoms with Crippen molar-refractivity contribution in [2.45, 2.75) is 19.3 Å². The van der Waals surface area contributed by atoms with E-state index in [1.807, 2.05) is 4.90 Å². The average Bonchev–Trinajstić information content (AvgIpc) is 2.75. The highest BCUT2D eigenvalue weighted by Crippen LogP contribution is 2.19. The zero-order chi connectivity index (χ0) is 11.5. The molecule has 17 heavy (non-hydrogen) atoms. The van der Waals surface area contributed by atoms with Gasteiger partial charge in [-0.15, -0.1) is 12.4 Å². The summed E-state index contributed by atoms with van der Waals surface area (Å²) in [6.07, 6.45) is 2.49. The predicted molar refractivity (Wildman–Crippen MR) is 66.7 cm³/mol. The summed E-state index contributed by atoms with van der Waals surface area (Å²) in [4.78, 5) is 25.0. The zero-order valence-corrected chi connectivity index (χ0v) is 10.7. The molecular weight excluding hydrogens is 242 g/mol. The second kappa shape index (κ2) is 6.21. The van der Waals surface area contributed by atoms with Crippen molar-refractivity contribution >= 4 is 24.2 Å². The van der Waals surface area contributed by atoms with Gasteiger partial charge in [0.15, 0.2) is 0 Å². The van der Waals surface area contributed by atoms with Gasteiger partial charge in [0.2, 0.25) is 11.8 Å². The number of amides is 2. The van der Waals surface area contributed by atoms with E-state index < -0.39 is 0 Å². The normalized spacial score (nSPS) is 28.5. The average molecular weight is 262 g/mol. The number of halogens is 1. The first-order chi connectivity index (χ1) is 7.70. The van der Waals surface area contributed by atoms with Crippen LogP contribution in [0, 0.1) is 11.8 Å². The van der Waals surface area contributed by atoms with Crippen LogP contribution in [0.2, 0.25) is 0 Å². The minimum absolute atomic E-state index is 0. The number of nitrogens with two attached hydrogens (primary N) is 1. The number of likely N-dealkylation sites (tertiary alicyclic amines) is 1. The SMILES string of the molecule is Cl.NCC1CCCN(C(=O)C2CNC(=O)C2)C1. The molecule has 3 N–H and O–H groups in total. The van der Waals surface area contributed by atoms with E-state index in [0.29, 0.717) is 25.4 Å². The molecule has 2 saturated heterocycles. The van der Waals surface area contributed by atoms with Crippen LogP contribution in [0.25, 0.3) is 0 Å². The van der Waals surface area contributed by atoms with E-state index in [1.54, 1.807) is 0 Å². The molecule has 0 aromatic rings. The van der Waals surface area contributed by atoms with E-state index in [2.05, 4.69) is 5.32 Å². The highest BCUT2D eigenvalue weighted by molar-refractivity contribution is 5.89.